The first-order valence-electron chi connectivity index (χ1n) is 9.34. The average Bonchev–Trinajstić information content (AvgIpc) is 3.48. The fourth-order valence-corrected chi connectivity index (χ4v) is 4.42. The molecular weight excluding hydrogens is 386 g/mol. The Kier molecular flexibility index (Phi) is 4.41. The van der Waals surface area contributed by atoms with Gasteiger partial charge in [-0.2, -0.15) is 0 Å². The summed E-state index contributed by atoms with van der Waals surface area (Å²) in [5, 5.41) is 2.95. The Morgan fingerprint density at radius 1 is 0.931 bits per heavy atom. The van der Waals surface area contributed by atoms with Crippen LogP contribution in [-0.4, -0.2) is 23.3 Å². The lowest BCUT2D eigenvalue weighted by atomic mass is 10.1. The molecule has 5 rings (SSSR count). The van der Waals surface area contributed by atoms with E-state index in [0.717, 1.165) is 10.3 Å². The summed E-state index contributed by atoms with van der Waals surface area (Å²) < 4.78 is 11.9. The number of amides is 2. The number of imide groups is 1. The maximum atomic E-state index is 12.7. The third-order valence-electron chi connectivity index (χ3n) is 5.07. The molecule has 29 heavy (non-hydrogen) atoms. The molecule has 0 saturated carbocycles. The molecule has 0 bridgehead atoms. The first kappa shape index (κ1) is 17.7. The fraction of sp³-hybridized carbons (Fsp3) is 0.130. The highest BCUT2D eigenvalue weighted by Gasteiger charge is 2.35. The Morgan fingerprint density at radius 2 is 1.72 bits per heavy atom. The SMILES string of the molecule is O=C1c2ccccc2C(=O)N1CC[C@@H](Oc1cccc2ccoc12)c1cccs1. The van der Waals surface area contributed by atoms with Crippen LogP contribution in [0.4, 0.5) is 0 Å². The zero-order valence-corrected chi connectivity index (χ0v) is 16.2. The Labute approximate surface area is 171 Å². The van der Waals surface area contributed by atoms with Crippen LogP contribution >= 0.6 is 11.3 Å². The molecule has 3 heterocycles. The third-order valence-corrected chi connectivity index (χ3v) is 6.03. The van der Waals surface area contributed by atoms with Gasteiger partial charge in [0.05, 0.1) is 17.4 Å². The number of hydrogen-bond acceptors (Lipinski definition) is 5. The largest absolute Gasteiger partial charge is 0.481 e. The van der Waals surface area contributed by atoms with E-state index in [9.17, 15) is 9.59 Å². The number of carbonyl (C=O) groups is 2. The average molecular weight is 403 g/mol. The van der Waals surface area contributed by atoms with E-state index < -0.39 is 0 Å². The van der Waals surface area contributed by atoms with Gasteiger partial charge in [-0.15, -0.1) is 11.3 Å². The Balaban J connectivity index is 1.39. The van der Waals surface area contributed by atoms with Crippen molar-refractivity contribution in [2.24, 2.45) is 0 Å². The second-order valence-electron chi connectivity index (χ2n) is 6.81. The number of fused-ring (bicyclic) bond motifs is 2. The van der Waals surface area contributed by atoms with E-state index in [-0.39, 0.29) is 24.5 Å². The predicted molar refractivity (Wildman–Crippen MR) is 110 cm³/mol. The molecule has 0 aliphatic carbocycles. The molecular formula is C23H17NO4S. The summed E-state index contributed by atoms with van der Waals surface area (Å²) in [5.41, 5.74) is 1.62. The van der Waals surface area contributed by atoms with Gasteiger partial charge in [-0.25, -0.2) is 0 Å². The molecule has 1 atom stereocenters. The van der Waals surface area contributed by atoms with E-state index in [1.807, 2.05) is 41.8 Å². The molecule has 1 aliphatic rings. The lowest BCUT2D eigenvalue weighted by molar-refractivity contribution is 0.0630. The highest BCUT2D eigenvalue weighted by atomic mass is 32.1. The second kappa shape index (κ2) is 7.22. The minimum Gasteiger partial charge on any atom is -0.481 e. The molecule has 0 unspecified atom stereocenters. The second-order valence-corrected chi connectivity index (χ2v) is 7.79. The summed E-state index contributed by atoms with van der Waals surface area (Å²) in [4.78, 5) is 27.7. The van der Waals surface area contributed by atoms with E-state index in [1.54, 1.807) is 41.9 Å². The van der Waals surface area contributed by atoms with Crippen LogP contribution in [0.1, 0.15) is 38.1 Å². The molecule has 4 aromatic rings. The highest BCUT2D eigenvalue weighted by Crippen LogP contribution is 2.34. The standard InChI is InChI=1S/C23H17NO4S/c25-22-16-6-1-2-7-17(16)23(26)24(22)12-10-18(20-9-4-14-29-20)28-19-8-3-5-15-11-13-27-21(15)19/h1-9,11,13-14,18H,10,12H2/t18-/m1/s1. The molecule has 0 fully saturated rings. The molecule has 0 N–H and O–H groups in total. The van der Waals surface area contributed by atoms with Crippen molar-refractivity contribution in [1.82, 2.24) is 4.90 Å². The minimum atomic E-state index is -0.296. The zero-order chi connectivity index (χ0) is 19.8. The summed E-state index contributed by atoms with van der Waals surface area (Å²) in [6, 6.07) is 18.5. The van der Waals surface area contributed by atoms with Gasteiger partial charge in [0.15, 0.2) is 11.3 Å². The normalized spacial score (nSPS) is 14.4. The maximum Gasteiger partial charge on any atom is 0.261 e. The lowest BCUT2D eigenvalue weighted by Crippen LogP contribution is -2.32. The highest BCUT2D eigenvalue weighted by molar-refractivity contribution is 7.10. The van der Waals surface area contributed by atoms with Gasteiger partial charge < -0.3 is 9.15 Å². The van der Waals surface area contributed by atoms with Gasteiger partial charge >= 0.3 is 0 Å². The third kappa shape index (κ3) is 3.11. The molecule has 144 valence electrons. The molecule has 0 spiro atoms. The van der Waals surface area contributed by atoms with Crippen LogP contribution in [0.3, 0.4) is 0 Å². The molecule has 0 radical (unpaired) electrons. The van der Waals surface area contributed by atoms with Gasteiger partial charge in [-0.1, -0.05) is 30.3 Å². The van der Waals surface area contributed by atoms with Crippen LogP contribution in [0.5, 0.6) is 5.75 Å². The van der Waals surface area contributed by atoms with Crippen LogP contribution in [0.25, 0.3) is 11.0 Å². The summed E-state index contributed by atoms with van der Waals surface area (Å²) in [6.07, 6.45) is 1.83. The quantitative estimate of drug-likeness (QED) is 0.410. The van der Waals surface area contributed by atoms with E-state index in [0.29, 0.717) is 28.9 Å². The minimum absolute atomic E-state index is 0.247. The zero-order valence-electron chi connectivity index (χ0n) is 15.4. The van der Waals surface area contributed by atoms with Crippen molar-refractivity contribution in [1.29, 1.82) is 0 Å². The number of para-hydroxylation sites is 1. The number of benzene rings is 2. The molecule has 2 aromatic carbocycles. The molecule has 2 aromatic heterocycles. The van der Waals surface area contributed by atoms with Gasteiger partial charge in [0.25, 0.3) is 11.8 Å². The van der Waals surface area contributed by atoms with Crippen LogP contribution in [0, 0.1) is 0 Å². The number of carbonyl (C=O) groups excluding carboxylic acids is 2. The van der Waals surface area contributed by atoms with Gasteiger partial charge in [0.2, 0.25) is 0 Å². The predicted octanol–water partition coefficient (Wildman–Crippen LogP) is 5.30. The van der Waals surface area contributed by atoms with Crippen molar-refractivity contribution in [3.05, 3.63) is 88.3 Å². The summed E-state index contributed by atoms with van der Waals surface area (Å²) in [5.74, 6) is 0.153. The fourth-order valence-electron chi connectivity index (χ4n) is 3.63. The van der Waals surface area contributed by atoms with Crippen LogP contribution < -0.4 is 4.74 Å². The van der Waals surface area contributed by atoms with Crippen molar-refractivity contribution in [2.45, 2.75) is 12.5 Å². The van der Waals surface area contributed by atoms with Crippen molar-refractivity contribution >= 4 is 34.1 Å². The number of hydrogen-bond donors (Lipinski definition) is 0. The van der Waals surface area contributed by atoms with E-state index >= 15 is 0 Å². The van der Waals surface area contributed by atoms with Crippen LogP contribution in [-0.2, 0) is 0 Å². The monoisotopic (exact) mass is 403 g/mol. The van der Waals surface area contributed by atoms with Crippen LogP contribution in [0.2, 0.25) is 0 Å². The first-order valence-corrected chi connectivity index (χ1v) is 10.2. The van der Waals surface area contributed by atoms with Gasteiger partial charge in [-0.3, -0.25) is 14.5 Å². The first-order chi connectivity index (χ1) is 14.2. The van der Waals surface area contributed by atoms with Crippen LogP contribution in [0.15, 0.2) is 76.7 Å². The molecule has 2 amide bonds. The van der Waals surface area contributed by atoms with Crippen molar-refractivity contribution in [3.8, 4) is 5.75 Å². The van der Waals surface area contributed by atoms with Gasteiger partial charge in [0, 0.05) is 23.2 Å². The van der Waals surface area contributed by atoms with Gasteiger partial charge in [0.1, 0.15) is 6.10 Å². The number of rotatable bonds is 6. The van der Waals surface area contributed by atoms with Gasteiger partial charge in [-0.05, 0) is 35.7 Å². The van der Waals surface area contributed by atoms with E-state index in [4.69, 9.17) is 9.15 Å². The summed E-state index contributed by atoms with van der Waals surface area (Å²) in [7, 11) is 0. The van der Waals surface area contributed by atoms with Crippen molar-refractivity contribution < 1.29 is 18.7 Å². The smallest absolute Gasteiger partial charge is 0.261 e. The van der Waals surface area contributed by atoms with E-state index in [1.165, 1.54) is 4.90 Å². The van der Waals surface area contributed by atoms with E-state index in [2.05, 4.69) is 0 Å². The Bertz CT molecular complexity index is 1160. The summed E-state index contributed by atoms with van der Waals surface area (Å²) in [6.45, 7) is 0.281. The molecule has 1 aliphatic heterocycles. The lowest BCUT2D eigenvalue weighted by Gasteiger charge is -2.21. The maximum absolute atomic E-state index is 12.7. The molecule has 0 saturated heterocycles. The molecule has 5 nitrogen and oxygen atoms in total. The Morgan fingerprint density at radius 3 is 2.45 bits per heavy atom. The Hall–Kier alpha value is -3.38. The number of thiophene rings is 1. The number of furan rings is 1. The summed E-state index contributed by atoms with van der Waals surface area (Å²) >= 11 is 1.59. The van der Waals surface area contributed by atoms with Crippen molar-refractivity contribution in [3.63, 3.8) is 0 Å². The van der Waals surface area contributed by atoms with Crippen molar-refractivity contribution in [2.75, 3.05) is 6.54 Å². The number of nitrogens with zero attached hydrogens (tertiary/aromatic N) is 1. The molecule has 6 heteroatoms. The topological polar surface area (TPSA) is 59.8 Å². The number of ether oxygens (including phenoxy) is 1.